The molecule has 0 bridgehead atoms. The van der Waals surface area contributed by atoms with E-state index in [1.165, 1.54) is 83.5 Å². The Morgan fingerprint density at radius 1 is 0.848 bits per heavy atom. The maximum atomic E-state index is 13.7. The van der Waals surface area contributed by atoms with E-state index in [-0.39, 0.29) is 11.7 Å². The minimum atomic E-state index is -0.189. The van der Waals surface area contributed by atoms with Crippen molar-refractivity contribution in [2.24, 2.45) is 23.7 Å². The molecule has 0 aromatic carbocycles. The Bertz CT molecular complexity index is 602. The van der Waals surface area contributed by atoms with E-state index in [1.807, 2.05) is 0 Å². The molecule has 33 heavy (non-hydrogen) atoms. The molecule has 190 valence electrons. The molecule has 4 fully saturated rings. The number of rotatable bonds is 8. The smallest absolute Gasteiger partial charge is 0.251 e. The number of carbonyl (C=O) groups excluding carboxylic acids is 1. The van der Waals surface area contributed by atoms with Gasteiger partial charge in [-0.3, -0.25) is 4.79 Å². The van der Waals surface area contributed by atoms with Gasteiger partial charge >= 0.3 is 0 Å². The Hall–Kier alpha value is -0.610. The van der Waals surface area contributed by atoms with Crippen molar-refractivity contribution < 1.29 is 14.3 Å². The van der Waals surface area contributed by atoms with E-state index in [4.69, 9.17) is 9.47 Å². The first-order chi connectivity index (χ1) is 15.9. The fourth-order valence-corrected chi connectivity index (χ4v) is 7.69. The normalized spacial score (nSPS) is 31.2. The number of nitrogens with zero attached hydrogens (tertiary/aromatic N) is 1. The van der Waals surface area contributed by atoms with Gasteiger partial charge in [0.15, 0.2) is 0 Å². The van der Waals surface area contributed by atoms with Crippen molar-refractivity contribution in [3.63, 3.8) is 0 Å². The summed E-state index contributed by atoms with van der Waals surface area (Å²) in [6.07, 6.45) is 18.9. The van der Waals surface area contributed by atoms with Crippen molar-refractivity contribution in [2.75, 3.05) is 19.8 Å². The summed E-state index contributed by atoms with van der Waals surface area (Å²) in [7, 11) is 0. The van der Waals surface area contributed by atoms with E-state index < -0.39 is 0 Å². The third-order valence-electron chi connectivity index (χ3n) is 9.61. The van der Waals surface area contributed by atoms with Gasteiger partial charge in [-0.25, -0.2) is 0 Å². The van der Waals surface area contributed by atoms with Crippen molar-refractivity contribution in [1.29, 1.82) is 0 Å². The highest BCUT2D eigenvalue weighted by atomic mass is 16.5. The van der Waals surface area contributed by atoms with Crippen LogP contribution in [0, 0.1) is 23.7 Å². The Morgan fingerprint density at radius 3 is 2.12 bits per heavy atom. The molecule has 2 saturated heterocycles. The Kier molecular flexibility index (Phi) is 9.18. The van der Waals surface area contributed by atoms with E-state index in [0.717, 1.165) is 50.4 Å². The molecule has 0 aromatic rings. The molecule has 0 N–H and O–H groups in total. The monoisotopic (exact) mass is 461 g/mol. The lowest BCUT2D eigenvalue weighted by Crippen LogP contribution is -2.49. The standard InChI is InChI=1S/C29H51NO3/c1-22(23-11-6-4-7-12-23)30(28(31)27-15-10-19-32-27)18-16-26(24-13-8-5-9-14-24)25-17-20-33-29(2,3)21-25/h22-27H,4-21H2,1-3H3. The van der Waals surface area contributed by atoms with Gasteiger partial charge in [0.05, 0.1) is 5.60 Å². The highest BCUT2D eigenvalue weighted by Gasteiger charge is 2.39. The number of hydrogen-bond donors (Lipinski definition) is 0. The van der Waals surface area contributed by atoms with Crippen LogP contribution in [0.3, 0.4) is 0 Å². The first kappa shape index (κ1) is 25.5. The summed E-state index contributed by atoms with van der Waals surface area (Å²) in [4.78, 5) is 16.0. The quantitative estimate of drug-likeness (QED) is 0.401. The number of hydrogen-bond acceptors (Lipinski definition) is 3. The van der Waals surface area contributed by atoms with Crippen LogP contribution in [0.2, 0.25) is 0 Å². The second-order valence-corrected chi connectivity index (χ2v) is 12.4. The lowest BCUT2D eigenvalue weighted by Gasteiger charge is -2.44. The molecule has 4 heteroatoms. The lowest BCUT2D eigenvalue weighted by molar-refractivity contribution is -0.145. The average molecular weight is 462 g/mol. The Balaban J connectivity index is 1.48. The van der Waals surface area contributed by atoms with E-state index in [9.17, 15) is 4.79 Å². The summed E-state index contributed by atoms with van der Waals surface area (Å²) >= 11 is 0. The van der Waals surface area contributed by atoms with Gasteiger partial charge in [0, 0.05) is 25.8 Å². The molecule has 4 unspecified atom stereocenters. The Morgan fingerprint density at radius 2 is 1.52 bits per heavy atom. The molecule has 2 aliphatic heterocycles. The second-order valence-electron chi connectivity index (χ2n) is 12.4. The van der Waals surface area contributed by atoms with Gasteiger partial charge in [0.2, 0.25) is 0 Å². The fraction of sp³-hybridized carbons (Fsp3) is 0.966. The lowest BCUT2D eigenvalue weighted by atomic mass is 9.68. The van der Waals surface area contributed by atoms with Crippen molar-refractivity contribution in [2.45, 2.75) is 135 Å². The number of amides is 1. The van der Waals surface area contributed by atoms with Gasteiger partial charge in [-0.2, -0.15) is 0 Å². The van der Waals surface area contributed by atoms with Gasteiger partial charge in [0.25, 0.3) is 5.91 Å². The molecule has 4 nitrogen and oxygen atoms in total. The summed E-state index contributed by atoms with van der Waals surface area (Å²) < 4.78 is 12.0. The number of ether oxygens (including phenoxy) is 2. The van der Waals surface area contributed by atoms with E-state index in [1.54, 1.807) is 0 Å². The van der Waals surface area contributed by atoms with Crippen LogP contribution in [0.15, 0.2) is 0 Å². The van der Waals surface area contributed by atoms with Crippen LogP contribution in [-0.4, -0.2) is 48.3 Å². The van der Waals surface area contributed by atoms with Crippen LogP contribution in [0.4, 0.5) is 0 Å². The molecule has 0 radical (unpaired) electrons. The molecule has 4 rings (SSSR count). The van der Waals surface area contributed by atoms with E-state index in [0.29, 0.717) is 17.9 Å². The molecule has 2 saturated carbocycles. The predicted octanol–water partition coefficient (Wildman–Crippen LogP) is 6.75. The summed E-state index contributed by atoms with van der Waals surface area (Å²) in [5, 5.41) is 0. The van der Waals surface area contributed by atoms with Crippen molar-refractivity contribution >= 4 is 5.91 Å². The molecule has 4 atom stereocenters. The third kappa shape index (κ3) is 6.75. The molecule has 0 aromatic heterocycles. The summed E-state index contributed by atoms with van der Waals surface area (Å²) in [6, 6.07) is 0.347. The summed E-state index contributed by atoms with van der Waals surface area (Å²) in [6.45, 7) is 9.47. The van der Waals surface area contributed by atoms with Crippen molar-refractivity contribution in [3.05, 3.63) is 0 Å². The van der Waals surface area contributed by atoms with Gasteiger partial charge in [-0.1, -0.05) is 51.4 Å². The average Bonchev–Trinajstić information content (AvgIpc) is 3.37. The minimum Gasteiger partial charge on any atom is -0.376 e. The summed E-state index contributed by atoms with van der Waals surface area (Å²) in [5.41, 5.74) is -0.00157. The first-order valence-corrected chi connectivity index (χ1v) is 14.5. The number of carbonyl (C=O) groups is 1. The topological polar surface area (TPSA) is 38.8 Å². The zero-order valence-electron chi connectivity index (χ0n) is 21.9. The molecular formula is C29H51NO3. The van der Waals surface area contributed by atoms with E-state index >= 15 is 0 Å². The molecule has 0 spiro atoms. The van der Waals surface area contributed by atoms with Gasteiger partial charge in [-0.15, -0.1) is 0 Å². The van der Waals surface area contributed by atoms with Gasteiger partial charge in [0.1, 0.15) is 6.10 Å². The zero-order valence-corrected chi connectivity index (χ0v) is 21.9. The van der Waals surface area contributed by atoms with Gasteiger partial charge < -0.3 is 14.4 Å². The molecule has 1 amide bonds. The van der Waals surface area contributed by atoms with Crippen LogP contribution in [0.25, 0.3) is 0 Å². The van der Waals surface area contributed by atoms with E-state index in [2.05, 4.69) is 25.7 Å². The summed E-state index contributed by atoms with van der Waals surface area (Å²) in [5.74, 6) is 3.26. The largest absolute Gasteiger partial charge is 0.376 e. The maximum absolute atomic E-state index is 13.7. The van der Waals surface area contributed by atoms with Crippen LogP contribution in [0.1, 0.15) is 117 Å². The van der Waals surface area contributed by atoms with Crippen LogP contribution >= 0.6 is 0 Å². The third-order valence-corrected chi connectivity index (χ3v) is 9.61. The SMILES string of the molecule is CC(C1CCCCC1)N(CCC(C1CCCCC1)C1CCOC(C)(C)C1)C(=O)C1CCCO1. The molecule has 4 aliphatic rings. The maximum Gasteiger partial charge on any atom is 0.251 e. The van der Waals surface area contributed by atoms with Crippen molar-refractivity contribution in [1.82, 2.24) is 4.90 Å². The predicted molar refractivity (Wildman–Crippen MR) is 134 cm³/mol. The highest BCUT2D eigenvalue weighted by Crippen LogP contribution is 2.43. The second kappa shape index (κ2) is 11.9. The van der Waals surface area contributed by atoms with Crippen LogP contribution in [-0.2, 0) is 14.3 Å². The Labute approximate surface area is 203 Å². The van der Waals surface area contributed by atoms with Crippen LogP contribution < -0.4 is 0 Å². The molecule has 2 heterocycles. The van der Waals surface area contributed by atoms with Gasteiger partial charge in [-0.05, 0) is 89.4 Å². The molecule has 2 aliphatic carbocycles. The fourth-order valence-electron chi connectivity index (χ4n) is 7.69. The minimum absolute atomic E-state index is 0.00157. The zero-order chi connectivity index (χ0) is 23.3. The molecular weight excluding hydrogens is 410 g/mol. The highest BCUT2D eigenvalue weighted by molar-refractivity contribution is 5.81. The van der Waals surface area contributed by atoms with Crippen molar-refractivity contribution in [3.8, 4) is 0 Å². The van der Waals surface area contributed by atoms with Crippen LogP contribution in [0.5, 0.6) is 0 Å². The first-order valence-electron chi connectivity index (χ1n) is 14.5.